The number of hydrogen-bond acceptors (Lipinski definition) is 7. The van der Waals surface area contributed by atoms with Gasteiger partial charge in [-0.05, 0) is 49.3 Å². The third kappa shape index (κ3) is 6.56. The molecule has 1 aliphatic rings. The average molecular weight is 520 g/mol. The minimum atomic E-state index is -1.31. The van der Waals surface area contributed by atoms with Crippen LogP contribution in [0.4, 0.5) is 0 Å². The smallest absolute Gasteiger partial charge is 0.326 e. The number of carbonyl (C=O) groups excluding carboxylic acids is 3. The lowest BCUT2D eigenvalue weighted by Crippen LogP contribution is -2.58. The van der Waals surface area contributed by atoms with Crippen molar-refractivity contribution in [2.75, 3.05) is 25.2 Å². The number of aromatic amines is 1. The third-order valence-corrected chi connectivity index (χ3v) is 6.96. The number of fused-ring (bicyclic) bond motifs is 1. The lowest BCUT2D eigenvalue weighted by molar-refractivity contribution is -0.149. The SMILES string of the molecule is CSCCC(NC(=O)C(CO)NC(=O)C(N)Cc1c[nH]c2ccccc12)C(=O)N1CCCC1C(=O)O. The summed E-state index contributed by atoms with van der Waals surface area (Å²) in [4.78, 5) is 54.6. The summed E-state index contributed by atoms with van der Waals surface area (Å²) in [7, 11) is 0. The van der Waals surface area contributed by atoms with E-state index in [1.807, 2.05) is 30.5 Å². The first-order valence-corrected chi connectivity index (χ1v) is 13.2. The number of amides is 3. The Kier molecular flexibility index (Phi) is 9.73. The summed E-state index contributed by atoms with van der Waals surface area (Å²) >= 11 is 1.48. The van der Waals surface area contributed by atoms with Crippen LogP contribution in [0.15, 0.2) is 30.5 Å². The van der Waals surface area contributed by atoms with Gasteiger partial charge in [-0.3, -0.25) is 14.4 Å². The van der Waals surface area contributed by atoms with Crippen LogP contribution in [0, 0.1) is 0 Å². The van der Waals surface area contributed by atoms with Gasteiger partial charge in [0.05, 0.1) is 12.6 Å². The van der Waals surface area contributed by atoms with E-state index in [1.54, 1.807) is 6.20 Å². The second-order valence-electron chi connectivity index (χ2n) is 8.78. The van der Waals surface area contributed by atoms with Gasteiger partial charge in [0.25, 0.3) is 0 Å². The van der Waals surface area contributed by atoms with Crippen LogP contribution in [0.5, 0.6) is 0 Å². The Hall–Kier alpha value is -3.09. The number of para-hydroxylation sites is 1. The number of thioether (sulfide) groups is 1. The molecular formula is C24H33N5O6S. The summed E-state index contributed by atoms with van der Waals surface area (Å²) in [6.45, 7) is -0.396. The van der Waals surface area contributed by atoms with E-state index in [1.165, 1.54) is 16.7 Å². The predicted octanol–water partition coefficient (Wildman–Crippen LogP) is -0.172. The molecule has 1 aliphatic heterocycles. The monoisotopic (exact) mass is 519 g/mol. The number of aliphatic hydroxyl groups excluding tert-OH is 1. The van der Waals surface area contributed by atoms with E-state index in [2.05, 4.69) is 15.6 Å². The van der Waals surface area contributed by atoms with Crippen molar-refractivity contribution in [2.24, 2.45) is 5.73 Å². The summed E-state index contributed by atoms with van der Waals surface area (Å²) in [5.74, 6) is -2.38. The highest BCUT2D eigenvalue weighted by Crippen LogP contribution is 2.20. The Morgan fingerprint density at radius 2 is 1.92 bits per heavy atom. The van der Waals surface area contributed by atoms with Crippen molar-refractivity contribution in [3.63, 3.8) is 0 Å². The number of rotatable bonds is 12. The molecule has 1 saturated heterocycles. The van der Waals surface area contributed by atoms with Gasteiger partial charge in [0.1, 0.15) is 18.1 Å². The van der Waals surface area contributed by atoms with Crippen molar-refractivity contribution in [1.29, 1.82) is 0 Å². The van der Waals surface area contributed by atoms with Gasteiger partial charge in [0.2, 0.25) is 17.7 Å². The fraction of sp³-hybridized carbons (Fsp3) is 0.500. The van der Waals surface area contributed by atoms with E-state index in [-0.39, 0.29) is 12.8 Å². The number of aromatic nitrogens is 1. The summed E-state index contributed by atoms with van der Waals surface area (Å²) in [6, 6.07) is 3.40. The zero-order chi connectivity index (χ0) is 26.2. The van der Waals surface area contributed by atoms with Crippen LogP contribution in [-0.2, 0) is 25.6 Å². The molecule has 4 unspecified atom stereocenters. The quantitative estimate of drug-likeness (QED) is 0.224. The average Bonchev–Trinajstić information content (AvgIpc) is 3.52. The molecule has 1 aromatic heterocycles. The van der Waals surface area contributed by atoms with Crippen LogP contribution in [0.2, 0.25) is 0 Å². The van der Waals surface area contributed by atoms with Crippen molar-refractivity contribution in [3.8, 4) is 0 Å². The third-order valence-electron chi connectivity index (χ3n) is 6.31. The highest BCUT2D eigenvalue weighted by molar-refractivity contribution is 7.98. The number of hydrogen-bond donors (Lipinski definition) is 6. The molecule has 0 spiro atoms. The molecule has 11 nitrogen and oxygen atoms in total. The number of carboxylic acid groups (broad SMARTS) is 1. The molecule has 1 aromatic carbocycles. The van der Waals surface area contributed by atoms with Crippen LogP contribution in [-0.4, -0.2) is 93.1 Å². The largest absolute Gasteiger partial charge is 0.480 e. The first-order chi connectivity index (χ1) is 17.3. The molecule has 3 amide bonds. The molecule has 1 fully saturated rings. The molecule has 3 rings (SSSR count). The van der Waals surface area contributed by atoms with Gasteiger partial charge in [-0.25, -0.2) is 4.79 Å². The van der Waals surface area contributed by atoms with Gasteiger partial charge < -0.3 is 36.5 Å². The maximum absolute atomic E-state index is 13.1. The van der Waals surface area contributed by atoms with Gasteiger partial charge >= 0.3 is 5.97 Å². The molecule has 2 aromatic rings. The molecule has 196 valence electrons. The van der Waals surface area contributed by atoms with Gasteiger partial charge in [-0.15, -0.1) is 0 Å². The van der Waals surface area contributed by atoms with Gasteiger partial charge in [-0.2, -0.15) is 11.8 Å². The van der Waals surface area contributed by atoms with E-state index >= 15 is 0 Å². The van der Waals surface area contributed by atoms with E-state index in [9.17, 15) is 29.4 Å². The van der Waals surface area contributed by atoms with Crippen molar-refractivity contribution in [2.45, 2.75) is 49.9 Å². The minimum Gasteiger partial charge on any atom is -0.480 e. The number of likely N-dealkylation sites (tertiary alicyclic amines) is 1. The number of nitrogens with zero attached hydrogens (tertiary/aromatic N) is 1. The lowest BCUT2D eigenvalue weighted by atomic mass is 10.0. The number of carboxylic acids is 1. The molecular weight excluding hydrogens is 486 g/mol. The van der Waals surface area contributed by atoms with Crippen LogP contribution >= 0.6 is 11.8 Å². The predicted molar refractivity (Wildman–Crippen MR) is 136 cm³/mol. The Balaban J connectivity index is 1.63. The van der Waals surface area contributed by atoms with E-state index in [4.69, 9.17) is 5.73 Å². The number of H-pyrrole nitrogens is 1. The first-order valence-electron chi connectivity index (χ1n) is 11.8. The number of aliphatic hydroxyl groups is 1. The lowest BCUT2D eigenvalue weighted by Gasteiger charge is -2.28. The molecule has 0 aliphatic carbocycles. The van der Waals surface area contributed by atoms with Crippen molar-refractivity contribution in [1.82, 2.24) is 20.5 Å². The van der Waals surface area contributed by atoms with Gasteiger partial charge in [-0.1, -0.05) is 18.2 Å². The maximum Gasteiger partial charge on any atom is 0.326 e. The highest BCUT2D eigenvalue weighted by atomic mass is 32.2. The maximum atomic E-state index is 13.1. The molecule has 0 radical (unpaired) electrons. The molecule has 0 bridgehead atoms. The minimum absolute atomic E-state index is 0.218. The topological polar surface area (TPSA) is 178 Å². The second-order valence-corrected chi connectivity index (χ2v) is 9.77. The van der Waals surface area contributed by atoms with Crippen molar-refractivity contribution < 1.29 is 29.4 Å². The zero-order valence-corrected chi connectivity index (χ0v) is 20.9. The van der Waals surface area contributed by atoms with E-state index in [0.29, 0.717) is 25.1 Å². The van der Waals surface area contributed by atoms with E-state index in [0.717, 1.165) is 16.5 Å². The van der Waals surface area contributed by atoms with Crippen LogP contribution in [0.3, 0.4) is 0 Å². The number of aliphatic carboxylic acids is 1. The summed E-state index contributed by atoms with van der Waals surface area (Å²) in [5, 5.41) is 25.2. The van der Waals surface area contributed by atoms with Crippen molar-refractivity contribution in [3.05, 3.63) is 36.0 Å². The van der Waals surface area contributed by atoms with Gasteiger partial charge in [0, 0.05) is 23.6 Å². The summed E-state index contributed by atoms with van der Waals surface area (Å²) in [6.07, 6.45) is 5.05. The standard InChI is InChI=1S/C24H33N5O6S/c1-36-10-8-18(23(33)29-9-4-7-20(29)24(34)35)27-22(32)19(13-30)28-21(31)16(25)11-14-12-26-17-6-3-2-5-15(14)17/h2-3,5-6,12,16,18-20,26,30H,4,7-11,13,25H2,1H3,(H,27,32)(H,28,31)(H,34,35). The fourth-order valence-electron chi connectivity index (χ4n) is 4.36. The second kappa shape index (κ2) is 12.7. The molecule has 4 atom stereocenters. The summed E-state index contributed by atoms with van der Waals surface area (Å²) in [5.41, 5.74) is 7.85. The highest BCUT2D eigenvalue weighted by Gasteiger charge is 2.38. The molecule has 7 N–H and O–H groups in total. The normalized spacial score (nSPS) is 18.0. The van der Waals surface area contributed by atoms with Crippen LogP contribution < -0.4 is 16.4 Å². The summed E-state index contributed by atoms with van der Waals surface area (Å²) < 4.78 is 0. The number of carbonyl (C=O) groups is 4. The van der Waals surface area contributed by atoms with Crippen LogP contribution in [0.25, 0.3) is 10.9 Å². The fourth-order valence-corrected chi connectivity index (χ4v) is 4.83. The Bertz CT molecular complexity index is 1090. The van der Waals surface area contributed by atoms with E-state index < -0.39 is 54.5 Å². The number of nitrogens with one attached hydrogen (secondary N) is 3. The number of benzene rings is 1. The molecule has 2 heterocycles. The van der Waals surface area contributed by atoms with Crippen LogP contribution in [0.1, 0.15) is 24.8 Å². The first kappa shape index (κ1) is 27.5. The van der Waals surface area contributed by atoms with Gasteiger partial charge in [0.15, 0.2) is 0 Å². The molecule has 36 heavy (non-hydrogen) atoms. The Morgan fingerprint density at radius 1 is 1.19 bits per heavy atom. The number of nitrogens with two attached hydrogens (primary N) is 1. The van der Waals surface area contributed by atoms with Crippen molar-refractivity contribution >= 4 is 46.4 Å². The Morgan fingerprint density at radius 3 is 2.61 bits per heavy atom. The molecule has 0 saturated carbocycles. The Labute approximate surface area is 213 Å². The zero-order valence-electron chi connectivity index (χ0n) is 20.1. The molecule has 12 heteroatoms.